The maximum Gasteiger partial charge on any atom is 0.192 e. The van der Waals surface area contributed by atoms with Crippen LogP contribution in [0.3, 0.4) is 0 Å². The molecule has 2 aliphatic carbocycles. The molecule has 0 aromatic heterocycles. The highest BCUT2D eigenvalue weighted by Gasteiger charge is 2.50. The van der Waals surface area contributed by atoms with Crippen molar-refractivity contribution < 1.29 is 4.43 Å². The standard InChI is InChI=1S/C16H30OSi/c1-15(2,3)18(5,6)17-14-11-10-13-9-7-8-12-16(13,14)4/h7,9,13-14H,8,10-12H2,1-6H3/t13-,14+,16+/m1/s1. The van der Waals surface area contributed by atoms with Crippen molar-refractivity contribution in [2.75, 3.05) is 0 Å². The van der Waals surface area contributed by atoms with Crippen LogP contribution in [0.5, 0.6) is 0 Å². The highest BCUT2D eigenvalue weighted by atomic mass is 28.4. The van der Waals surface area contributed by atoms with Gasteiger partial charge in [-0.25, -0.2) is 0 Å². The van der Waals surface area contributed by atoms with Crippen molar-refractivity contribution in [2.45, 2.75) is 77.6 Å². The summed E-state index contributed by atoms with van der Waals surface area (Å²) in [5, 5.41) is 0.325. The minimum Gasteiger partial charge on any atom is -0.413 e. The topological polar surface area (TPSA) is 9.23 Å². The van der Waals surface area contributed by atoms with Crippen LogP contribution in [-0.4, -0.2) is 14.4 Å². The Morgan fingerprint density at radius 3 is 2.50 bits per heavy atom. The van der Waals surface area contributed by atoms with Gasteiger partial charge in [0.05, 0.1) is 6.10 Å². The van der Waals surface area contributed by atoms with Gasteiger partial charge in [-0.15, -0.1) is 0 Å². The zero-order valence-corrected chi connectivity index (χ0v) is 14.0. The van der Waals surface area contributed by atoms with Gasteiger partial charge < -0.3 is 4.43 Å². The first kappa shape index (κ1) is 14.3. The average molecular weight is 267 g/mol. The molecular formula is C16H30OSi. The Balaban J connectivity index is 2.14. The van der Waals surface area contributed by atoms with Crippen molar-refractivity contribution in [2.24, 2.45) is 11.3 Å². The Labute approximate surface area is 114 Å². The van der Waals surface area contributed by atoms with E-state index in [1.165, 1.54) is 25.7 Å². The van der Waals surface area contributed by atoms with E-state index in [4.69, 9.17) is 4.43 Å². The van der Waals surface area contributed by atoms with Gasteiger partial charge in [0.25, 0.3) is 0 Å². The molecule has 0 aliphatic heterocycles. The minimum absolute atomic E-state index is 0.325. The summed E-state index contributed by atoms with van der Waals surface area (Å²) in [6.45, 7) is 14.3. The van der Waals surface area contributed by atoms with Crippen molar-refractivity contribution in [1.29, 1.82) is 0 Å². The first-order valence-corrected chi connectivity index (χ1v) is 10.4. The van der Waals surface area contributed by atoms with Crippen LogP contribution < -0.4 is 0 Å². The molecular weight excluding hydrogens is 236 g/mol. The molecule has 0 heterocycles. The molecule has 0 saturated heterocycles. The number of fused-ring (bicyclic) bond motifs is 1. The van der Waals surface area contributed by atoms with E-state index in [0.717, 1.165) is 5.92 Å². The smallest absolute Gasteiger partial charge is 0.192 e. The van der Waals surface area contributed by atoms with E-state index >= 15 is 0 Å². The van der Waals surface area contributed by atoms with Crippen LogP contribution in [-0.2, 0) is 4.43 Å². The first-order valence-electron chi connectivity index (χ1n) is 7.51. The van der Waals surface area contributed by atoms with E-state index in [2.05, 4.69) is 52.9 Å². The Kier molecular flexibility index (Phi) is 3.57. The fourth-order valence-electron chi connectivity index (χ4n) is 3.27. The highest BCUT2D eigenvalue weighted by Crippen LogP contribution is 2.53. The molecule has 0 N–H and O–H groups in total. The van der Waals surface area contributed by atoms with Crippen LogP contribution in [0.15, 0.2) is 12.2 Å². The van der Waals surface area contributed by atoms with Gasteiger partial charge in [-0.3, -0.25) is 0 Å². The van der Waals surface area contributed by atoms with Crippen LogP contribution in [0.2, 0.25) is 18.1 Å². The molecule has 1 fully saturated rings. The van der Waals surface area contributed by atoms with E-state index in [-0.39, 0.29) is 0 Å². The largest absolute Gasteiger partial charge is 0.413 e. The van der Waals surface area contributed by atoms with Crippen LogP contribution in [0.25, 0.3) is 0 Å². The summed E-state index contributed by atoms with van der Waals surface area (Å²) in [5.41, 5.74) is 0.407. The van der Waals surface area contributed by atoms with Gasteiger partial charge in [-0.1, -0.05) is 39.8 Å². The normalized spacial score (nSPS) is 36.8. The molecule has 1 nitrogen and oxygen atoms in total. The third-order valence-corrected chi connectivity index (χ3v) is 10.3. The van der Waals surface area contributed by atoms with Crippen molar-refractivity contribution in [1.82, 2.24) is 0 Å². The molecule has 0 amide bonds. The van der Waals surface area contributed by atoms with E-state index < -0.39 is 8.32 Å². The average Bonchev–Trinajstić information content (AvgIpc) is 2.54. The third-order valence-electron chi connectivity index (χ3n) is 5.78. The number of hydrogen-bond donors (Lipinski definition) is 0. The van der Waals surface area contributed by atoms with Crippen molar-refractivity contribution >= 4 is 8.32 Å². The second-order valence-electron chi connectivity index (χ2n) is 8.02. The lowest BCUT2D eigenvalue weighted by atomic mass is 9.72. The summed E-state index contributed by atoms with van der Waals surface area (Å²) in [5.74, 6) is 0.765. The first-order chi connectivity index (χ1) is 8.17. The fourth-order valence-corrected chi connectivity index (χ4v) is 4.72. The third kappa shape index (κ3) is 2.34. The molecule has 0 spiro atoms. The van der Waals surface area contributed by atoms with Crippen LogP contribution in [0.1, 0.15) is 53.4 Å². The summed E-state index contributed by atoms with van der Waals surface area (Å²) >= 11 is 0. The molecule has 18 heavy (non-hydrogen) atoms. The van der Waals surface area contributed by atoms with Gasteiger partial charge in [0.15, 0.2) is 8.32 Å². The summed E-state index contributed by atoms with van der Waals surface area (Å²) in [6, 6.07) is 0. The quantitative estimate of drug-likeness (QED) is 0.496. The molecule has 0 bridgehead atoms. The molecule has 0 unspecified atom stereocenters. The molecule has 0 aromatic carbocycles. The zero-order valence-electron chi connectivity index (χ0n) is 13.0. The predicted molar refractivity (Wildman–Crippen MR) is 81.3 cm³/mol. The van der Waals surface area contributed by atoms with E-state index in [9.17, 15) is 0 Å². The SMILES string of the molecule is CC(C)(C)[Si](C)(C)O[C@H]1CC[C@H]2C=CCC[C@@]21C. The van der Waals surface area contributed by atoms with Crippen molar-refractivity contribution in [3.63, 3.8) is 0 Å². The fraction of sp³-hybridized carbons (Fsp3) is 0.875. The van der Waals surface area contributed by atoms with Gasteiger partial charge in [-0.2, -0.15) is 0 Å². The molecule has 2 rings (SSSR count). The Hall–Kier alpha value is -0.0831. The van der Waals surface area contributed by atoms with Crippen LogP contribution in [0, 0.1) is 11.3 Å². The Morgan fingerprint density at radius 2 is 1.89 bits per heavy atom. The van der Waals surface area contributed by atoms with Gasteiger partial charge in [-0.05, 0) is 55.1 Å². The molecule has 1 saturated carbocycles. The molecule has 2 aliphatic rings. The Bertz CT molecular complexity index is 339. The van der Waals surface area contributed by atoms with Gasteiger partial charge in [0, 0.05) is 0 Å². The lowest BCUT2D eigenvalue weighted by Gasteiger charge is -2.45. The second-order valence-corrected chi connectivity index (χ2v) is 12.8. The number of hydrogen-bond acceptors (Lipinski definition) is 1. The maximum absolute atomic E-state index is 6.74. The van der Waals surface area contributed by atoms with E-state index in [0.29, 0.717) is 16.6 Å². The highest BCUT2D eigenvalue weighted by molar-refractivity contribution is 6.74. The summed E-state index contributed by atoms with van der Waals surface area (Å²) in [7, 11) is -1.62. The van der Waals surface area contributed by atoms with E-state index in [1.54, 1.807) is 0 Å². The molecule has 0 radical (unpaired) electrons. The number of rotatable bonds is 2. The van der Waals surface area contributed by atoms with E-state index in [1.807, 2.05) is 0 Å². The summed E-state index contributed by atoms with van der Waals surface area (Å²) in [6.07, 6.45) is 10.5. The minimum atomic E-state index is -1.62. The van der Waals surface area contributed by atoms with Crippen molar-refractivity contribution in [3.05, 3.63) is 12.2 Å². The van der Waals surface area contributed by atoms with Crippen molar-refractivity contribution in [3.8, 4) is 0 Å². The van der Waals surface area contributed by atoms with Gasteiger partial charge in [0.2, 0.25) is 0 Å². The van der Waals surface area contributed by atoms with Gasteiger partial charge >= 0.3 is 0 Å². The summed E-state index contributed by atoms with van der Waals surface area (Å²) in [4.78, 5) is 0. The molecule has 0 aromatic rings. The molecule has 3 atom stereocenters. The lowest BCUT2D eigenvalue weighted by molar-refractivity contribution is 0.0497. The summed E-state index contributed by atoms with van der Waals surface area (Å²) < 4.78 is 6.74. The lowest BCUT2D eigenvalue weighted by Crippen LogP contribution is -2.48. The zero-order chi connectivity index (χ0) is 13.6. The monoisotopic (exact) mass is 266 g/mol. The second kappa shape index (κ2) is 4.48. The molecule has 2 heteroatoms. The van der Waals surface area contributed by atoms with Crippen LogP contribution in [0.4, 0.5) is 0 Å². The maximum atomic E-state index is 6.74. The van der Waals surface area contributed by atoms with Gasteiger partial charge in [0.1, 0.15) is 0 Å². The number of allylic oxidation sites excluding steroid dienone is 2. The van der Waals surface area contributed by atoms with Crippen LogP contribution >= 0.6 is 0 Å². The Morgan fingerprint density at radius 1 is 1.22 bits per heavy atom. The molecule has 104 valence electrons. The predicted octanol–water partition coefficient (Wildman–Crippen LogP) is 5.14.